The number of hydrogen-bond donors (Lipinski definition) is 2. The molecule has 0 aliphatic carbocycles. The van der Waals surface area contributed by atoms with E-state index in [1.807, 2.05) is 19.9 Å². The Morgan fingerprint density at radius 1 is 1.16 bits per heavy atom. The second-order valence-electron chi connectivity index (χ2n) is 6.36. The summed E-state index contributed by atoms with van der Waals surface area (Å²) in [4.78, 5) is 18.5. The third-order valence-corrected chi connectivity index (χ3v) is 4.03. The van der Waals surface area contributed by atoms with E-state index in [9.17, 15) is 4.79 Å². The van der Waals surface area contributed by atoms with Crippen LogP contribution in [0, 0.1) is 6.92 Å². The molecule has 0 spiro atoms. The van der Waals surface area contributed by atoms with Crippen LogP contribution in [0.25, 0.3) is 0 Å². The number of carbonyl (C=O) groups is 1. The molecule has 0 aliphatic heterocycles. The lowest BCUT2D eigenvalue weighted by Crippen LogP contribution is -2.30. The summed E-state index contributed by atoms with van der Waals surface area (Å²) in [6.45, 7) is 12.3. The second-order valence-corrected chi connectivity index (χ2v) is 6.36. The average Bonchev–Trinajstić information content (AvgIpc) is 2.58. The number of pyridine rings is 1. The fourth-order valence-corrected chi connectivity index (χ4v) is 2.67. The largest absolute Gasteiger partial charge is 0.372 e. The van der Waals surface area contributed by atoms with Gasteiger partial charge in [0, 0.05) is 30.5 Å². The minimum atomic E-state index is -0.152. The highest BCUT2D eigenvalue weighted by Gasteiger charge is 2.09. The number of anilines is 3. The van der Waals surface area contributed by atoms with Crippen LogP contribution in [0.1, 0.15) is 43.7 Å². The van der Waals surface area contributed by atoms with Crippen LogP contribution in [0.4, 0.5) is 17.1 Å². The Bertz CT molecular complexity index is 706. The quantitative estimate of drug-likeness (QED) is 0.796. The van der Waals surface area contributed by atoms with Crippen LogP contribution >= 0.6 is 0 Å². The molecule has 1 aromatic carbocycles. The lowest BCUT2D eigenvalue weighted by molar-refractivity contribution is 0.0938. The normalized spacial score (nSPS) is 10.6. The van der Waals surface area contributed by atoms with Crippen LogP contribution in [-0.2, 0) is 0 Å². The van der Waals surface area contributed by atoms with Crippen LogP contribution < -0.4 is 15.5 Å². The minimum absolute atomic E-state index is 0.0964. The zero-order chi connectivity index (χ0) is 18.4. The van der Waals surface area contributed by atoms with Gasteiger partial charge in [0.15, 0.2) is 0 Å². The molecule has 1 amide bonds. The van der Waals surface area contributed by atoms with Crippen LogP contribution in [0.2, 0.25) is 0 Å². The summed E-state index contributed by atoms with van der Waals surface area (Å²) in [5.74, 6) is -0.152. The van der Waals surface area contributed by atoms with Gasteiger partial charge in [-0.25, -0.2) is 4.98 Å². The Balaban J connectivity index is 2.10. The summed E-state index contributed by atoms with van der Waals surface area (Å²) in [6, 6.07) is 10.1. The number of amides is 1. The van der Waals surface area contributed by atoms with Gasteiger partial charge in [-0.2, -0.15) is 0 Å². The van der Waals surface area contributed by atoms with Crippen LogP contribution in [0.15, 0.2) is 36.5 Å². The van der Waals surface area contributed by atoms with Crippen molar-refractivity contribution in [2.45, 2.75) is 40.7 Å². The predicted octanol–water partition coefficient (Wildman–Crippen LogP) is 4.12. The summed E-state index contributed by atoms with van der Waals surface area (Å²) in [6.07, 6.45) is 1.69. The number of rotatable bonds is 7. The molecule has 0 saturated heterocycles. The Hall–Kier alpha value is -2.56. The van der Waals surface area contributed by atoms with Gasteiger partial charge >= 0.3 is 0 Å². The number of nitrogens with one attached hydrogen (secondary N) is 2. The van der Waals surface area contributed by atoms with Crippen molar-refractivity contribution < 1.29 is 4.79 Å². The predicted molar refractivity (Wildman–Crippen MR) is 105 cm³/mol. The molecule has 1 aromatic heterocycles. The van der Waals surface area contributed by atoms with Gasteiger partial charge in [0.25, 0.3) is 5.91 Å². The van der Waals surface area contributed by atoms with Crippen molar-refractivity contribution in [1.82, 2.24) is 10.3 Å². The van der Waals surface area contributed by atoms with Gasteiger partial charge < -0.3 is 15.5 Å². The molecule has 2 rings (SSSR count). The van der Waals surface area contributed by atoms with Gasteiger partial charge in [-0.1, -0.05) is 0 Å². The molecular weight excluding hydrogens is 312 g/mol. The standard InChI is InChI=1S/C20H28N4O/c1-6-24(7-2)17-9-11-18(15(5)12-17)23-16-8-10-19(21-13-16)20(25)22-14(3)4/h8-14,23H,6-7H2,1-5H3,(H,22,25). The number of aromatic nitrogens is 1. The molecule has 0 saturated carbocycles. The summed E-state index contributed by atoms with van der Waals surface area (Å²) in [5.41, 5.74) is 4.72. The fourth-order valence-electron chi connectivity index (χ4n) is 2.67. The molecule has 0 aliphatic rings. The maximum absolute atomic E-state index is 11.9. The van der Waals surface area contributed by atoms with Crippen molar-refractivity contribution in [3.05, 3.63) is 47.8 Å². The number of benzene rings is 1. The first-order chi connectivity index (χ1) is 11.9. The smallest absolute Gasteiger partial charge is 0.270 e. The molecule has 0 atom stereocenters. The Kier molecular flexibility index (Phi) is 6.39. The monoisotopic (exact) mass is 340 g/mol. The molecule has 0 bridgehead atoms. The molecule has 0 radical (unpaired) electrons. The van der Waals surface area contributed by atoms with Gasteiger partial charge in [-0.05, 0) is 70.5 Å². The Morgan fingerprint density at radius 3 is 2.40 bits per heavy atom. The highest BCUT2D eigenvalue weighted by Crippen LogP contribution is 2.25. The summed E-state index contributed by atoms with van der Waals surface area (Å²) in [5, 5.41) is 6.21. The van der Waals surface area contributed by atoms with E-state index in [2.05, 4.69) is 59.5 Å². The summed E-state index contributed by atoms with van der Waals surface area (Å²) >= 11 is 0. The minimum Gasteiger partial charge on any atom is -0.372 e. The first kappa shape index (κ1) is 18.8. The number of aryl methyl sites for hydroxylation is 1. The Morgan fingerprint density at radius 2 is 1.88 bits per heavy atom. The maximum atomic E-state index is 11.9. The lowest BCUT2D eigenvalue weighted by Gasteiger charge is -2.22. The molecule has 0 fully saturated rings. The van der Waals surface area contributed by atoms with Crippen molar-refractivity contribution in [2.24, 2.45) is 0 Å². The number of nitrogens with zero attached hydrogens (tertiary/aromatic N) is 2. The molecule has 134 valence electrons. The van der Waals surface area contributed by atoms with E-state index in [4.69, 9.17) is 0 Å². The molecular formula is C20H28N4O. The summed E-state index contributed by atoms with van der Waals surface area (Å²) in [7, 11) is 0. The molecule has 5 nitrogen and oxygen atoms in total. The van der Waals surface area contributed by atoms with E-state index in [0.717, 1.165) is 24.5 Å². The first-order valence-corrected chi connectivity index (χ1v) is 8.84. The topological polar surface area (TPSA) is 57.3 Å². The van der Waals surface area contributed by atoms with Crippen LogP contribution in [0.5, 0.6) is 0 Å². The zero-order valence-electron chi connectivity index (χ0n) is 15.8. The van der Waals surface area contributed by atoms with Gasteiger partial charge in [0.2, 0.25) is 0 Å². The van der Waals surface area contributed by atoms with Crippen molar-refractivity contribution in [2.75, 3.05) is 23.3 Å². The van der Waals surface area contributed by atoms with Crippen molar-refractivity contribution in [1.29, 1.82) is 0 Å². The number of hydrogen-bond acceptors (Lipinski definition) is 4. The van der Waals surface area contributed by atoms with E-state index in [-0.39, 0.29) is 11.9 Å². The van der Waals surface area contributed by atoms with Gasteiger partial charge in [0.1, 0.15) is 5.69 Å². The van der Waals surface area contributed by atoms with Crippen LogP contribution in [0.3, 0.4) is 0 Å². The summed E-state index contributed by atoms with van der Waals surface area (Å²) < 4.78 is 0. The molecule has 2 N–H and O–H groups in total. The van der Waals surface area contributed by atoms with Gasteiger partial charge in [-0.15, -0.1) is 0 Å². The second kappa shape index (κ2) is 8.51. The number of carbonyl (C=O) groups excluding carboxylic acids is 1. The third-order valence-electron chi connectivity index (χ3n) is 4.03. The third kappa shape index (κ3) is 4.95. The first-order valence-electron chi connectivity index (χ1n) is 8.84. The molecule has 1 heterocycles. The highest BCUT2D eigenvalue weighted by molar-refractivity contribution is 5.92. The van der Waals surface area contributed by atoms with E-state index >= 15 is 0 Å². The van der Waals surface area contributed by atoms with Gasteiger partial charge in [-0.3, -0.25) is 4.79 Å². The maximum Gasteiger partial charge on any atom is 0.270 e. The lowest BCUT2D eigenvalue weighted by atomic mass is 10.1. The van der Waals surface area contributed by atoms with Crippen molar-refractivity contribution >= 4 is 23.0 Å². The van der Waals surface area contributed by atoms with Crippen molar-refractivity contribution in [3.8, 4) is 0 Å². The van der Waals surface area contributed by atoms with Gasteiger partial charge in [0.05, 0.1) is 11.9 Å². The van der Waals surface area contributed by atoms with E-state index in [1.165, 1.54) is 11.3 Å². The van der Waals surface area contributed by atoms with Crippen LogP contribution in [-0.4, -0.2) is 30.0 Å². The average molecular weight is 340 g/mol. The molecule has 0 unspecified atom stereocenters. The zero-order valence-corrected chi connectivity index (χ0v) is 15.8. The van der Waals surface area contributed by atoms with E-state index in [0.29, 0.717) is 5.69 Å². The molecule has 2 aromatic rings. The Labute approximate surface area is 150 Å². The molecule has 25 heavy (non-hydrogen) atoms. The highest BCUT2D eigenvalue weighted by atomic mass is 16.1. The van der Waals surface area contributed by atoms with E-state index < -0.39 is 0 Å². The molecule has 5 heteroatoms. The van der Waals surface area contributed by atoms with E-state index in [1.54, 1.807) is 12.3 Å². The fraction of sp³-hybridized carbons (Fsp3) is 0.400. The van der Waals surface area contributed by atoms with Crippen molar-refractivity contribution in [3.63, 3.8) is 0 Å². The SMILES string of the molecule is CCN(CC)c1ccc(Nc2ccc(C(=O)NC(C)C)nc2)c(C)c1.